The number of nitrogens with zero attached hydrogens (tertiary/aromatic N) is 4. The van der Waals surface area contributed by atoms with Gasteiger partial charge in [-0.2, -0.15) is 8.42 Å². The lowest BCUT2D eigenvalue weighted by Gasteiger charge is -2.14. The molecule has 0 bridgehead atoms. The second kappa shape index (κ2) is 12.4. The summed E-state index contributed by atoms with van der Waals surface area (Å²) < 4.78 is 36.7. The molecule has 1 aliphatic rings. The minimum Gasteiger partial charge on any atom is -0.497 e. The number of methoxy groups -OCH3 is 1. The van der Waals surface area contributed by atoms with E-state index in [1.54, 1.807) is 25.3 Å². The highest BCUT2D eigenvalue weighted by molar-refractivity contribution is 7.85. The van der Waals surface area contributed by atoms with Crippen LogP contribution in [-0.2, 0) is 14.9 Å². The fourth-order valence-corrected chi connectivity index (χ4v) is 4.84. The van der Waals surface area contributed by atoms with Gasteiger partial charge in [0.05, 0.1) is 29.8 Å². The highest BCUT2D eigenvalue weighted by atomic mass is 35.5. The van der Waals surface area contributed by atoms with Gasteiger partial charge in [-0.25, -0.2) is 0 Å². The number of amides is 1. The van der Waals surface area contributed by atoms with Gasteiger partial charge in [0, 0.05) is 22.7 Å². The molecule has 208 valence electrons. The van der Waals surface area contributed by atoms with Crippen LogP contribution in [-0.4, -0.2) is 53.0 Å². The van der Waals surface area contributed by atoms with Gasteiger partial charge >= 0.3 is 0 Å². The summed E-state index contributed by atoms with van der Waals surface area (Å²) in [7, 11) is -2.37. The summed E-state index contributed by atoms with van der Waals surface area (Å²) in [6.07, 6.45) is 0.175. The van der Waals surface area contributed by atoms with Gasteiger partial charge in [0.1, 0.15) is 17.6 Å². The lowest BCUT2D eigenvalue weighted by molar-refractivity contribution is -0.121. The number of nitrogens with one attached hydrogen (secondary N) is 1. The van der Waals surface area contributed by atoms with Crippen molar-refractivity contribution in [3.05, 3.63) is 101 Å². The molecule has 1 unspecified atom stereocenters. The summed E-state index contributed by atoms with van der Waals surface area (Å²) in [5.41, 5.74) is 3.41. The number of rotatable bonds is 6. The van der Waals surface area contributed by atoms with E-state index in [-0.39, 0.29) is 17.2 Å². The molecule has 1 amide bonds. The van der Waals surface area contributed by atoms with E-state index in [1.165, 1.54) is 12.1 Å². The van der Waals surface area contributed by atoms with Crippen molar-refractivity contribution in [1.82, 2.24) is 20.1 Å². The highest BCUT2D eigenvalue weighted by Gasteiger charge is 2.29. The molecule has 0 saturated carbocycles. The van der Waals surface area contributed by atoms with Crippen molar-refractivity contribution in [3.63, 3.8) is 0 Å². The van der Waals surface area contributed by atoms with Crippen LogP contribution < -0.4 is 10.1 Å². The van der Waals surface area contributed by atoms with E-state index in [4.69, 9.17) is 25.9 Å². The van der Waals surface area contributed by atoms with Gasteiger partial charge in [-0.3, -0.25) is 18.9 Å². The van der Waals surface area contributed by atoms with Crippen molar-refractivity contribution < 1.29 is 22.5 Å². The zero-order valence-corrected chi connectivity index (χ0v) is 23.6. The molecule has 0 fully saturated rings. The Labute approximate surface area is 237 Å². The number of hydrogen-bond acceptors (Lipinski definition) is 7. The van der Waals surface area contributed by atoms with Crippen LogP contribution in [0, 0.1) is 6.92 Å². The standard InChI is InChI=1S/C22H22ClN5O2.C6H6O3S/c1-4-24-20(29)12-18-22-27-26-13(2)28(22)19-10-9-16(30-3)11-17(19)21(25-18)14-5-7-15(23)8-6-14;7-10(8,9)6-4-2-1-3-5-6/h5-11,18H,4,12H2,1-3H3,(H,24,29);1-5H,(H,7,8,9). The lowest BCUT2D eigenvalue weighted by atomic mass is 10.00. The number of fused-ring (bicyclic) bond motifs is 3. The second-order valence-electron chi connectivity index (χ2n) is 8.77. The number of benzene rings is 3. The first-order valence-electron chi connectivity index (χ1n) is 12.4. The molecule has 0 aliphatic carbocycles. The molecule has 10 nitrogen and oxygen atoms in total. The molecule has 2 N–H and O–H groups in total. The molecule has 1 aliphatic heterocycles. The van der Waals surface area contributed by atoms with Crippen molar-refractivity contribution >= 4 is 33.3 Å². The maximum Gasteiger partial charge on any atom is 0.294 e. The van der Waals surface area contributed by atoms with E-state index >= 15 is 0 Å². The van der Waals surface area contributed by atoms with Gasteiger partial charge in [-0.1, -0.05) is 41.9 Å². The van der Waals surface area contributed by atoms with Crippen LogP contribution in [0.3, 0.4) is 0 Å². The summed E-state index contributed by atoms with van der Waals surface area (Å²) in [4.78, 5) is 17.4. The first kappa shape index (κ1) is 28.9. The second-order valence-corrected chi connectivity index (χ2v) is 10.6. The van der Waals surface area contributed by atoms with Gasteiger partial charge in [-0.05, 0) is 56.3 Å². The van der Waals surface area contributed by atoms with E-state index in [0.717, 1.165) is 28.4 Å². The zero-order chi connectivity index (χ0) is 28.9. The van der Waals surface area contributed by atoms with E-state index in [0.29, 0.717) is 23.1 Å². The Morgan fingerprint density at radius 2 is 1.77 bits per heavy atom. The molecule has 0 spiro atoms. The number of ether oxygens (including phenoxy) is 1. The number of aromatic nitrogens is 3. The topological polar surface area (TPSA) is 136 Å². The molecule has 0 saturated heterocycles. The Bertz CT molecular complexity index is 1640. The summed E-state index contributed by atoms with van der Waals surface area (Å²) in [5, 5.41) is 12.1. The predicted octanol–water partition coefficient (Wildman–Crippen LogP) is 4.59. The maximum absolute atomic E-state index is 12.4. The molecule has 2 heterocycles. The van der Waals surface area contributed by atoms with Gasteiger partial charge in [-0.15, -0.1) is 10.2 Å². The van der Waals surface area contributed by atoms with Crippen LogP contribution in [0.2, 0.25) is 5.02 Å². The average molecular weight is 582 g/mol. The first-order chi connectivity index (χ1) is 19.1. The number of halogens is 1. The molecule has 4 aromatic rings. The van der Waals surface area contributed by atoms with Crippen LogP contribution in [0.4, 0.5) is 0 Å². The molecule has 0 radical (unpaired) electrons. The number of hydrogen-bond donors (Lipinski definition) is 2. The Balaban J connectivity index is 0.000000312. The van der Waals surface area contributed by atoms with Crippen LogP contribution in [0.5, 0.6) is 5.75 Å². The average Bonchev–Trinajstić information content (AvgIpc) is 3.26. The van der Waals surface area contributed by atoms with Crippen molar-refractivity contribution in [2.75, 3.05) is 13.7 Å². The largest absolute Gasteiger partial charge is 0.497 e. The monoisotopic (exact) mass is 581 g/mol. The van der Waals surface area contributed by atoms with E-state index < -0.39 is 16.2 Å². The fraction of sp³-hybridized carbons (Fsp3) is 0.214. The van der Waals surface area contributed by atoms with Crippen molar-refractivity contribution in [2.24, 2.45) is 4.99 Å². The van der Waals surface area contributed by atoms with E-state index in [1.807, 2.05) is 60.9 Å². The van der Waals surface area contributed by atoms with Gasteiger partial charge in [0.2, 0.25) is 5.91 Å². The van der Waals surface area contributed by atoms with Crippen LogP contribution in [0.25, 0.3) is 5.69 Å². The van der Waals surface area contributed by atoms with Crippen molar-refractivity contribution in [2.45, 2.75) is 31.2 Å². The molecule has 12 heteroatoms. The third-order valence-corrected chi connectivity index (χ3v) is 7.16. The predicted molar refractivity (Wildman–Crippen MR) is 152 cm³/mol. The summed E-state index contributed by atoms with van der Waals surface area (Å²) >= 11 is 6.10. The zero-order valence-electron chi connectivity index (χ0n) is 22.1. The Kier molecular flexibility index (Phi) is 8.98. The van der Waals surface area contributed by atoms with Gasteiger partial charge < -0.3 is 10.1 Å². The highest BCUT2D eigenvalue weighted by Crippen LogP contribution is 2.34. The SMILES string of the molecule is CCNC(=O)CC1N=C(c2ccc(Cl)cc2)c2cc(OC)ccc2-n2c(C)nnc21.O=S(=O)(O)c1ccccc1. The number of carbonyl (C=O) groups is 1. The van der Waals surface area contributed by atoms with E-state index in [9.17, 15) is 13.2 Å². The minimum atomic E-state index is -4.00. The maximum atomic E-state index is 12.4. The normalized spacial score (nSPS) is 14.0. The third-order valence-electron chi connectivity index (χ3n) is 6.04. The minimum absolute atomic E-state index is 0.0741. The Morgan fingerprint density at radius 3 is 2.38 bits per heavy atom. The summed E-state index contributed by atoms with van der Waals surface area (Å²) in [6, 6.07) is 20.2. The molecule has 40 heavy (non-hydrogen) atoms. The van der Waals surface area contributed by atoms with Gasteiger partial charge in [0.25, 0.3) is 10.1 Å². The summed E-state index contributed by atoms with van der Waals surface area (Å²) in [6.45, 7) is 4.34. The first-order valence-corrected chi connectivity index (χ1v) is 14.2. The van der Waals surface area contributed by atoms with E-state index in [2.05, 4.69) is 15.5 Å². The smallest absolute Gasteiger partial charge is 0.294 e. The molecule has 1 aromatic heterocycles. The van der Waals surface area contributed by atoms with Crippen molar-refractivity contribution in [3.8, 4) is 11.4 Å². The van der Waals surface area contributed by atoms with Crippen LogP contribution in [0.15, 0.2) is 82.7 Å². The van der Waals surface area contributed by atoms with Crippen molar-refractivity contribution in [1.29, 1.82) is 0 Å². The molecule has 1 atom stereocenters. The third kappa shape index (κ3) is 6.56. The molecule has 5 rings (SSSR count). The number of carbonyl (C=O) groups excluding carboxylic acids is 1. The molecule has 3 aromatic carbocycles. The number of aliphatic imine (C=N–C) groups is 1. The lowest BCUT2D eigenvalue weighted by Crippen LogP contribution is -2.25. The number of aryl methyl sites for hydroxylation is 1. The summed E-state index contributed by atoms with van der Waals surface area (Å²) in [5.74, 6) is 1.99. The van der Waals surface area contributed by atoms with Crippen LogP contribution >= 0.6 is 11.6 Å². The quantitative estimate of drug-likeness (QED) is 0.318. The van der Waals surface area contributed by atoms with Crippen LogP contribution in [0.1, 0.15) is 42.2 Å². The fourth-order valence-electron chi connectivity index (χ4n) is 4.21. The Morgan fingerprint density at radius 1 is 1.07 bits per heavy atom. The molecular weight excluding hydrogens is 554 g/mol. The van der Waals surface area contributed by atoms with Gasteiger partial charge in [0.15, 0.2) is 5.82 Å². The molecular formula is C28H28ClN5O5S. The Hall–Kier alpha value is -4.06.